The number of hydrogen-bond donors (Lipinski definition) is 3. The molecule has 1 heterocycles. The average Bonchev–Trinajstić information content (AvgIpc) is 2.37. The molecule has 0 aliphatic rings. The lowest BCUT2D eigenvalue weighted by Crippen LogP contribution is -2.24. The van der Waals surface area contributed by atoms with Crippen LogP contribution in [0.15, 0.2) is 38.8 Å². The number of nitro groups is 1. The van der Waals surface area contributed by atoms with Crippen molar-refractivity contribution in [1.82, 2.24) is 9.97 Å². The molecular formula is C11H8N4O5. The molecule has 0 saturated carbocycles. The standard InChI is InChI=1S/C11H8N4O5/c16-9-6(10(17)14-11(18)13-9)5-12-7-3-1-2-4-8(7)15(19)20/h1-5H,(H3,13,14,16,17,18). The number of aromatic nitrogens is 2. The Bertz CT molecular complexity index is 805. The third-order valence-corrected chi connectivity index (χ3v) is 2.37. The maximum atomic E-state index is 11.4. The molecule has 0 atom stereocenters. The summed E-state index contributed by atoms with van der Waals surface area (Å²) < 4.78 is 0. The highest BCUT2D eigenvalue weighted by atomic mass is 16.6. The van der Waals surface area contributed by atoms with Gasteiger partial charge in [-0.25, -0.2) is 9.79 Å². The molecule has 1 aromatic heterocycles. The summed E-state index contributed by atoms with van der Waals surface area (Å²) in [6.45, 7) is 0. The van der Waals surface area contributed by atoms with E-state index >= 15 is 0 Å². The minimum Gasteiger partial charge on any atom is -0.494 e. The molecule has 9 nitrogen and oxygen atoms in total. The molecule has 0 unspecified atom stereocenters. The summed E-state index contributed by atoms with van der Waals surface area (Å²) in [4.78, 5) is 40.1. The smallest absolute Gasteiger partial charge is 0.328 e. The van der Waals surface area contributed by atoms with Crippen LogP contribution in [0.1, 0.15) is 5.56 Å². The third-order valence-electron chi connectivity index (χ3n) is 2.37. The van der Waals surface area contributed by atoms with Gasteiger partial charge >= 0.3 is 5.69 Å². The lowest BCUT2D eigenvalue weighted by atomic mass is 10.2. The second kappa shape index (κ2) is 5.18. The minimum absolute atomic E-state index is 0.0162. The topological polar surface area (TPSA) is 141 Å². The Morgan fingerprint density at radius 1 is 1.25 bits per heavy atom. The van der Waals surface area contributed by atoms with E-state index in [1.807, 2.05) is 9.97 Å². The van der Waals surface area contributed by atoms with Crippen LogP contribution in [0.5, 0.6) is 5.88 Å². The van der Waals surface area contributed by atoms with Gasteiger partial charge < -0.3 is 5.11 Å². The van der Waals surface area contributed by atoms with Gasteiger partial charge in [0.25, 0.3) is 11.2 Å². The molecule has 2 rings (SSSR count). The van der Waals surface area contributed by atoms with Crippen molar-refractivity contribution in [3.63, 3.8) is 0 Å². The van der Waals surface area contributed by atoms with Crippen molar-refractivity contribution < 1.29 is 10.0 Å². The molecule has 9 heteroatoms. The lowest BCUT2D eigenvalue weighted by Gasteiger charge is -1.97. The van der Waals surface area contributed by atoms with E-state index in [0.717, 1.165) is 6.21 Å². The Morgan fingerprint density at radius 2 is 1.95 bits per heavy atom. The molecule has 0 saturated heterocycles. The number of para-hydroxylation sites is 2. The van der Waals surface area contributed by atoms with Gasteiger partial charge in [0.1, 0.15) is 11.3 Å². The maximum absolute atomic E-state index is 11.4. The zero-order chi connectivity index (χ0) is 14.7. The molecule has 2 aromatic rings. The van der Waals surface area contributed by atoms with Crippen LogP contribution in [-0.2, 0) is 0 Å². The molecule has 0 aliphatic heterocycles. The first-order chi connectivity index (χ1) is 9.49. The number of aliphatic imine (C=N–C) groups is 1. The van der Waals surface area contributed by atoms with E-state index in [9.17, 15) is 24.8 Å². The number of rotatable bonds is 3. The quantitative estimate of drug-likeness (QED) is 0.423. The molecule has 0 radical (unpaired) electrons. The van der Waals surface area contributed by atoms with Gasteiger partial charge in [-0.1, -0.05) is 12.1 Å². The Balaban J connectivity index is 2.48. The number of hydrogen-bond acceptors (Lipinski definition) is 6. The fourth-order valence-electron chi connectivity index (χ4n) is 1.47. The first-order valence-electron chi connectivity index (χ1n) is 5.32. The summed E-state index contributed by atoms with van der Waals surface area (Å²) in [6, 6.07) is 5.65. The summed E-state index contributed by atoms with van der Waals surface area (Å²) in [7, 11) is 0. The minimum atomic E-state index is -0.865. The number of nitrogens with zero attached hydrogens (tertiary/aromatic N) is 2. The number of nitrogens with one attached hydrogen (secondary N) is 2. The second-order valence-electron chi connectivity index (χ2n) is 3.67. The number of aromatic hydroxyl groups is 1. The van der Waals surface area contributed by atoms with Crippen LogP contribution < -0.4 is 11.2 Å². The summed E-state index contributed by atoms with van der Waals surface area (Å²) in [5, 5.41) is 20.2. The van der Waals surface area contributed by atoms with Crippen LogP contribution in [0, 0.1) is 10.1 Å². The molecule has 0 fully saturated rings. The van der Waals surface area contributed by atoms with Crippen LogP contribution >= 0.6 is 0 Å². The van der Waals surface area contributed by atoms with Gasteiger partial charge in [0, 0.05) is 12.3 Å². The maximum Gasteiger partial charge on any atom is 0.328 e. The SMILES string of the molecule is O=c1[nH]c(O)c(C=Nc2ccccc2[N+](=O)[O-])c(=O)[nH]1. The zero-order valence-electron chi connectivity index (χ0n) is 9.86. The predicted octanol–water partition coefficient (Wildman–Crippen LogP) is 0.428. The summed E-state index contributed by atoms with van der Waals surface area (Å²) in [5.74, 6) is -0.666. The van der Waals surface area contributed by atoms with E-state index in [0.29, 0.717) is 0 Å². The average molecular weight is 276 g/mol. The van der Waals surface area contributed by atoms with E-state index in [2.05, 4.69) is 4.99 Å². The van der Waals surface area contributed by atoms with Gasteiger partial charge in [-0.15, -0.1) is 0 Å². The van der Waals surface area contributed by atoms with E-state index in [1.54, 1.807) is 0 Å². The van der Waals surface area contributed by atoms with E-state index in [4.69, 9.17) is 0 Å². The molecule has 0 aliphatic carbocycles. The Labute approximate surface area is 110 Å². The molecule has 0 bridgehead atoms. The highest BCUT2D eigenvalue weighted by Crippen LogP contribution is 2.26. The van der Waals surface area contributed by atoms with Crippen molar-refractivity contribution in [3.05, 3.63) is 60.8 Å². The Kier molecular flexibility index (Phi) is 3.42. The molecule has 0 spiro atoms. The van der Waals surface area contributed by atoms with Crippen molar-refractivity contribution in [2.24, 2.45) is 4.99 Å². The van der Waals surface area contributed by atoms with Gasteiger partial charge in [-0.3, -0.25) is 24.9 Å². The monoisotopic (exact) mass is 276 g/mol. The number of benzene rings is 1. The van der Waals surface area contributed by atoms with Crippen molar-refractivity contribution >= 4 is 17.6 Å². The van der Waals surface area contributed by atoms with Gasteiger partial charge in [0.2, 0.25) is 5.88 Å². The first-order valence-corrected chi connectivity index (χ1v) is 5.32. The van der Waals surface area contributed by atoms with Crippen LogP contribution in [0.3, 0.4) is 0 Å². The molecule has 3 N–H and O–H groups in total. The van der Waals surface area contributed by atoms with Crippen LogP contribution in [0.4, 0.5) is 11.4 Å². The largest absolute Gasteiger partial charge is 0.494 e. The normalized spacial score (nSPS) is 10.8. The zero-order valence-corrected chi connectivity index (χ0v) is 9.86. The van der Waals surface area contributed by atoms with Gasteiger partial charge in [-0.05, 0) is 6.07 Å². The highest BCUT2D eigenvalue weighted by Gasteiger charge is 2.12. The van der Waals surface area contributed by atoms with Gasteiger partial charge in [0.15, 0.2) is 0 Å². The lowest BCUT2D eigenvalue weighted by molar-refractivity contribution is -0.384. The summed E-state index contributed by atoms with van der Waals surface area (Å²) in [5.41, 5.74) is -2.25. The fraction of sp³-hybridized carbons (Fsp3) is 0. The molecule has 1 aromatic carbocycles. The highest BCUT2D eigenvalue weighted by molar-refractivity contribution is 5.84. The molecule has 102 valence electrons. The third kappa shape index (κ3) is 2.61. The van der Waals surface area contributed by atoms with Crippen molar-refractivity contribution in [2.45, 2.75) is 0 Å². The number of aromatic amines is 2. The van der Waals surface area contributed by atoms with Crippen LogP contribution in [-0.4, -0.2) is 26.2 Å². The fourth-order valence-corrected chi connectivity index (χ4v) is 1.47. The summed E-state index contributed by atoms with van der Waals surface area (Å²) >= 11 is 0. The molecule has 0 amide bonds. The van der Waals surface area contributed by atoms with Crippen molar-refractivity contribution in [1.29, 1.82) is 0 Å². The second-order valence-corrected chi connectivity index (χ2v) is 3.67. The summed E-state index contributed by atoms with van der Waals surface area (Å²) in [6.07, 6.45) is 0.937. The number of H-pyrrole nitrogens is 2. The van der Waals surface area contributed by atoms with Crippen LogP contribution in [0.25, 0.3) is 0 Å². The first kappa shape index (κ1) is 13.2. The van der Waals surface area contributed by atoms with E-state index in [-0.39, 0.29) is 16.9 Å². The predicted molar refractivity (Wildman–Crippen MR) is 69.7 cm³/mol. The van der Waals surface area contributed by atoms with Crippen LogP contribution in [0.2, 0.25) is 0 Å². The van der Waals surface area contributed by atoms with Gasteiger partial charge in [-0.2, -0.15) is 0 Å². The Morgan fingerprint density at radius 3 is 2.60 bits per heavy atom. The number of nitro benzene ring substituents is 1. The van der Waals surface area contributed by atoms with Crippen molar-refractivity contribution in [2.75, 3.05) is 0 Å². The molecular weight excluding hydrogens is 268 g/mol. The Hall–Kier alpha value is -3.23. The van der Waals surface area contributed by atoms with Crippen molar-refractivity contribution in [3.8, 4) is 5.88 Å². The van der Waals surface area contributed by atoms with E-state index in [1.165, 1.54) is 24.3 Å². The van der Waals surface area contributed by atoms with Gasteiger partial charge in [0.05, 0.1) is 4.92 Å². The van der Waals surface area contributed by atoms with E-state index < -0.39 is 22.1 Å². The molecule has 20 heavy (non-hydrogen) atoms.